The van der Waals surface area contributed by atoms with Crippen LogP contribution in [0.3, 0.4) is 0 Å². The third-order valence-electron chi connectivity index (χ3n) is 4.13. The summed E-state index contributed by atoms with van der Waals surface area (Å²) in [5.74, 6) is 0. The van der Waals surface area contributed by atoms with Crippen molar-refractivity contribution >= 4 is 5.69 Å². The van der Waals surface area contributed by atoms with Gasteiger partial charge in [0.25, 0.3) is 0 Å². The molecule has 1 aromatic carbocycles. The van der Waals surface area contributed by atoms with Crippen molar-refractivity contribution < 1.29 is 0 Å². The molecule has 2 heterocycles. The summed E-state index contributed by atoms with van der Waals surface area (Å²) >= 11 is 0. The van der Waals surface area contributed by atoms with Crippen LogP contribution in [0.5, 0.6) is 0 Å². The Balaban J connectivity index is 1.59. The van der Waals surface area contributed by atoms with Crippen LogP contribution in [0.15, 0.2) is 36.5 Å². The van der Waals surface area contributed by atoms with Gasteiger partial charge in [-0.2, -0.15) is 0 Å². The van der Waals surface area contributed by atoms with E-state index in [1.807, 2.05) is 13.1 Å². The third kappa shape index (κ3) is 3.42. The van der Waals surface area contributed by atoms with Crippen molar-refractivity contribution in [1.82, 2.24) is 10.3 Å². The zero-order valence-corrected chi connectivity index (χ0v) is 12.9. The molecule has 0 unspecified atom stereocenters. The molecule has 0 atom stereocenters. The molecule has 0 saturated heterocycles. The molecule has 1 aromatic heterocycles. The highest BCUT2D eigenvalue weighted by molar-refractivity contribution is 5.56. The number of pyridine rings is 1. The first kappa shape index (κ1) is 14.1. The van der Waals surface area contributed by atoms with Crippen LogP contribution in [0.25, 0.3) is 0 Å². The van der Waals surface area contributed by atoms with E-state index >= 15 is 0 Å². The van der Waals surface area contributed by atoms with Crippen LogP contribution in [0, 0.1) is 6.92 Å². The van der Waals surface area contributed by atoms with Crippen LogP contribution in [0.1, 0.15) is 28.8 Å². The summed E-state index contributed by atoms with van der Waals surface area (Å²) in [6.45, 7) is 4.96. The van der Waals surface area contributed by atoms with Crippen LogP contribution in [0.4, 0.5) is 5.69 Å². The topological polar surface area (TPSA) is 28.2 Å². The minimum absolute atomic E-state index is 0.865. The van der Waals surface area contributed by atoms with Gasteiger partial charge < -0.3 is 10.2 Å². The first-order valence-corrected chi connectivity index (χ1v) is 7.67. The van der Waals surface area contributed by atoms with Crippen LogP contribution in [-0.4, -0.2) is 18.6 Å². The van der Waals surface area contributed by atoms with Gasteiger partial charge in [-0.15, -0.1) is 0 Å². The monoisotopic (exact) mass is 281 g/mol. The molecule has 0 aliphatic carbocycles. The Morgan fingerprint density at radius 3 is 2.76 bits per heavy atom. The Labute approximate surface area is 127 Å². The van der Waals surface area contributed by atoms with Gasteiger partial charge in [0, 0.05) is 44.3 Å². The number of nitrogens with one attached hydrogen (secondary N) is 1. The fourth-order valence-electron chi connectivity index (χ4n) is 2.90. The fourth-order valence-corrected chi connectivity index (χ4v) is 2.90. The second-order valence-electron chi connectivity index (χ2n) is 5.90. The van der Waals surface area contributed by atoms with Gasteiger partial charge in [0.15, 0.2) is 0 Å². The normalized spacial score (nSPS) is 14.1. The first-order chi connectivity index (χ1) is 10.2. The van der Waals surface area contributed by atoms with Crippen LogP contribution in [0.2, 0.25) is 0 Å². The predicted octanol–water partition coefficient (Wildman–Crippen LogP) is 3.06. The lowest BCUT2D eigenvalue weighted by molar-refractivity contribution is 0.687. The Hall–Kier alpha value is -1.87. The zero-order chi connectivity index (χ0) is 14.7. The molecule has 2 aromatic rings. The summed E-state index contributed by atoms with van der Waals surface area (Å²) in [5.41, 5.74) is 6.55. The quantitative estimate of drug-likeness (QED) is 0.933. The van der Waals surface area contributed by atoms with Crippen LogP contribution < -0.4 is 10.2 Å². The van der Waals surface area contributed by atoms with Gasteiger partial charge in [-0.3, -0.25) is 4.98 Å². The second kappa shape index (κ2) is 6.27. The van der Waals surface area contributed by atoms with E-state index in [4.69, 9.17) is 0 Å². The molecule has 21 heavy (non-hydrogen) atoms. The zero-order valence-electron chi connectivity index (χ0n) is 12.9. The van der Waals surface area contributed by atoms with E-state index in [1.165, 1.54) is 41.8 Å². The van der Waals surface area contributed by atoms with Gasteiger partial charge in [0.2, 0.25) is 0 Å². The lowest BCUT2D eigenvalue weighted by atomic mass is 9.99. The van der Waals surface area contributed by atoms with E-state index in [0.717, 1.165) is 18.8 Å². The molecule has 3 nitrogen and oxygen atoms in total. The summed E-state index contributed by atoms with van der Waals surface area (Å²) < 4.78 is 0. The molecule has 3 heteroatoms. The molecule has 0 saturated carbocycles. The highest BCUT2D eigenvalue weighted by atomic mass is 15.1. The van der Waals surface area contributed by atoms with E-state index in [-0.39, 0.29) is 0 Å². The summed E-state index contributed by atoms with van der Waals surface area (Å²) in [5, 5.41) is 3.50. The average Bonchev–Trinajstić information content (AvgIpc) is 2.49. The molecule has 0 spiro atoms. The lowest BCUT2D eigenvalue weighted by Gasteiger charge is -2.27. The van der Waals surface area contributed by atoms with Gasteiger partial charge in [0.05, 0.1) is 0 Å². The van der Waals surface area contributed by atoms with Crippen molar-refractivity contribution in [2.24, 2.45) is 0 Å². The summed E-state index contributed by atoms with van der Waals surface area (Å²) in [7, 11) is 2.18. The maximum atomic E-state index is 4.33. The van der Waals surface area contributed by atoms with Crippen molar-refractivity contribution in [3.8, 4) is 0 Å². The number of aryl methyl sites for hydroxylation is 2. The SMILES string of the molecule is Cc1ccc(CNCc2ccc3c(c2)CCCN3C)cn1. The summed E-state index contributed by atoms with van der Waals surface area (Å²) in [6, 6.07) is 11.0. The summed E-state index contributed by atoms with van der Waals surface area (Å²) in [4.78, 5) is 6.68. The number of nitrogens with zero attached hydrogens (tertiary/aromatic N) is 2. The Morgan fingerprint density at radius 2 is 1.95 bits per heavy atom. The fraction of sp³-hybridized carbons (Fsp3) is 0.389. The van der Waals surface area contributed by atoms with Gasteiger partial charge in [-0.1, -0.05) is 18.2 Å². The molecule has 1 aliphatic rings. The molecule has 0 amide bonds. The number of fused-ring (bicyclic) bond motifs is 1. The summed E-state index contributed by atoms with van der Waals surface area (Å²) in [6.07, 6.45) is 4.41. The molecule has 0 bridgehead atoms. The van der Waals surface area contributed by atoms with E-state index in [9.17, 15) is 0 Å². The minimum Gasteiger partial charge on any atom is -0.374 e. The number of anilines is 1. The van der Waals surface area contributed by atoms with E-state index < -0.39 is 0 Å². The van der Waals surface area contributed by atoms with Crippen molar-refractivity contribution in [3.05, 3.63) is 58.9 Å². The number of rotatable bonds is 4. The highest BCUT2D eigenvalue weighted by Crippen LogP contribution is 2.26. The molecule has 3 rings (SSSR count). The second-order valence-corrected chi connectivity index (χ2v) is 5.90. The molecule has 1 aliphatic heterocycles. The Bertz CT molecular complexity index is 604. The number of hydrogen-bond acceptors (Lipinski definition) is 3. The number of hydrogen-bond donors (Lipinski definition) is 1. The van der Waals surface area contributed by atoms with Crippen molar-refractivity contribution in [2.45, 2.75) is 32.9 Å². The molecule has 0 radical (unpaired) electrons. The van der Waals surface area contributed by atoms with E-state index in [2.05, 4.69) is 52.6 Å². The smallest absolute Gasteiger partial charge is 0.0396 e. The van der Waals surface area contributed by atoms with Crippen LogP contribution in [-0.2, 0) is 19.5 Å². The standard InChI is InChI=1S/C18H23N3/c1-14-5-6-16(13-20-14)12-19-11-15-7-8-18-17(10-15)4-3-9-21(18)2/h5-8,10,13,19H,3-4,9,11-12H2,1-2H3. The Morgan fingerprint density at radius 1 is 1.14 bits per heavy atom. The van der Waals surface area contributed by atoms with Gasteiger partial charge in [0.1, 0.15) is 0 Å². The first-order valence-electron chi connectivity index (χ1n) is 7.67. The van der Waals surface area contributed by atoms with Crippen molar-refractivity contribution in [1.29, 1.82) is 0 Å². The molecular formula is C18H23N3. The van der Waals surface area contributed by atoms with Gasteiger partial charge in [-0.05, 0) is 48.6 Å². The van der Waals surface area contributed by atoms with Crippen molar-refractivity contribution in [3.63, 3.8) is 0 Å². The van der Waals surface area contributed by atoms with Crippen molar-refractivity contribution in [2.75, 3.05) is 18.5 Å². The Kier molecular flexibility index (Phi) is 4.20. The lowest BCUT2D eigenvalue weighted by Crippen LogP contribution is -2.24. The maximum absolute atomic E-state index is 4.33. The molecular weight excluding hydrogens is 258 g/mol. The molecule has 1 N–H and O–H groups in total. The maximum Gasteiger partial charge on any atom is 0.0396 e. The van der Waals surface area contributed by atoms with Gasteiger partial charge in [-0.25, -0.2) is 0 Å². The largest absolute Gasteiger partial charge is 0.374 e. The minimum atomic E-state index is 0.865. The van der Waals surface area contributed by atoms with E-state index in [0.29, 0.717) is 0 Å². The van der Waals surface area contributed by atoms with Gasteiger partial charge >= 0.3 is 0 Å². The molecule has 0 fully saturated rings. The number of benzene rings is 1. The van der Waals surface area contributed by atoms with Crippen LogP contribution >= 0.6 is 0 Å². The third-order valence-corrected chi connectivity index (χ3v) is 4.13. The van der Waals surface area contributed by atoms with E-state index in [1.54, 1.807) is 0 Å². The highest BCUT2D eigenvalue weighted by Gasteiger charge is 2.13. The number of aromatic nitrogens is 1. The molecule has 110 valence electrons. The average molecular weight is 281 g/mol. The predicted molar refractivity (Wildman–Crippen MR) is 87.6 cm³/mol.